The van der Waals surface area contributed by atoms with Crippen molar-refractivity contribution in [2.75, 3.05) is 18.0 Å². The fourth-order valence-electron chi connectivity index (χ4n) is 2.69. The third-order valence-corrected chi connectivity index (χ3v) is 3.87. The zero-order valence-electron chi connectivity index (χ0n) is 13.4. The van der Waals surface area contributed by atoms with Crippen molar-refractivity contribution in [3.63, 3.8) is 0 Å². The van der Waals surface area contributed by atoms with Crippen LogP contribution in [0.2, 0.25) is 0 Å². The second-order valence-corrected chi connectivity index (χ2v) is 5.40. The second-order valence-electron chi connectivity index (χ2n) is 5.40. The molecule has 23 heavy (non-hydrogen) atoms. The Morgan fingerprint density at radius 1 is 1.00 bits per heavy atom. The third-order valence-electron chi connectivity index (χ3n) is 3.87. The van der Waals surface area contributed by atoms with Gasteiger partial charge in [-0.3, -0.25) is 5.43 Å². The van der Waals surface area contributed by atoms with Crippen molar-refractivity contribution in [3.05, 3.63) is 72.3 Å². The molecule has 0 heterocycles. The summed E-state index contributed by atoms with van der Waals surface area (Å²) >= 11 is 0. The van der Waals surface area contributed by atoms with E-state index in [-0.39, 0.29) is 0 Å². The summed E-state index contributed by atoms with van der Waals surface area (Å²) in [5, 5.41) is 2.29. The van der Waals surface area contributed by atoms with Gasteiger partial charge in [0.1, 0.15) is 11.4 Å². The normalized spacial score (nSPS) is 10.3. The van der Waals surface area contributed by atoms with Gasteiger partial charge in [-0.15, -0.1) is 0 Å². The third kappa shape index (κ3) is 2.99. The monoisotopic (exact) mass is 304 g/mol. The standard InChI is InChI=1S/C20H20N2O/c1-4-15-9-11-17(12-10-15)21-22-19-18-8-6-5-7-16(18)13-14(2)20(19)23-3/h4-13,21-22H,1H2,2-3H3. The molecule has 116 valence electrons. The van der Waals surface area contributed by atoms with Crippen LogP contribution in [0.5, 0.6) is 5.75 Å². The number of anilines is 2. The first-order valence-corrected chi connectivity index (χ1v) is 7.54. The van der Waals surface area contributed by atoms with Crippen LogP contribution < -0.4 is 15.6 Å². The lowest BCUT2D eigenvalue weighted by Gasteiger charge is -2.18. The summed E-state index contributed by atoms with van der Waals surface area (Å²) in [5.74, 6) is 0.846. The van der Waals surface area contributed by atoms with Crippen molar-refractivity contribution in [3.8, 4) is 5.75 Å². The van der Waals surface area contributed by atoms with Crippen LogP contribution in [0.15, 0.2) is 61.2 Å². The Balaban J connectivity index is 1.95. The van der Waals surface area contributed by atoms with Crippen molar-refractivity contribution in [2.24, 2.45) is 0 Å². The van der Waals surface area contributed by atoms with E-state index in [0.717, 1.165) is 33.6 Å². The molecule has 0 saturated carbocycles. The molecule has 3 nitrogen and oxygen atoms in total. The number of hydrazine groups is 1. The molecule has 0 aliphatic heterocycles. The Bertz CT molecular complexity index is 838. The minimum absolute atomic E-state index is 0.846. The second kappa shape index (κ2) is 6.44. The molecule has 0 bridgehead atoms. The SMILES string of the molecule is C=Cc1ccc(NNc2c(OC)c(C)cc3ccccc23)cc1. The van der Waals surface area contributed by atoms with Gasteiger partial charge in [-0.2, -0.15) is 0 Å². The smallest absolute Gasteiger partial charge is 0.147 e. The molecule has 0 fully saturated rings. The summed E-state index contributed by atoms with van der Waals surface area (Å²) in [6, 6.07) is 18.4. The minimum Gasteiger partial charge on any atom is -0.494 e. The van der Waals surface area contributed by atoms with Crippen molar-refractivity contribution in [1.29, 1.82) is 0 Å². The first kappa shape index (κ1) is 15.0. The summed E-state index contributed by atoms with van der Waals surface area (Å²) in [6.45, 7) is 5.82. The Morgan fingerprint density at radius 2 is 1.74 bits per heavy atom. The molecule has 0 amide bonds. The zero-order chi connectivity index (χ0) is 16.2. The number of benzene rings is 3. The van der Waals surface area contributed by atoms with E-state index in [1.165, 1.54) is 5.39 Å². The maximum absolute atomic E-state index is 5.59. The van der Waals surface area contributed by atoms with Crippen molar-refractivity contribution in [1.82, 2.24) is 0 Å². The van der Waals surface area contributed by atoms with Crippen LogP contribution in [-0.2, 0) is 0 Å². The highest BCUT2D eigenvalue weighted by molar-refractivity contribution is 5.98. The largest absolute Gasteiger partial charge is 0.494 e. The highest BCUT2D eigenvalue weighted by Gasteiger charge is 2.11. The molecular weight excluding hydrogens is 284 g/mol. The van der Waals surface area contributed by atoms with Gasteiger partial charge in [0.15, 0.2) is 0 Å². The van der Waals surface area contributed by atoms with Gasteiger partial charge >= 0.3 is 0 Å². The van der Waals surface area contributed by atoms with Gasteiger partial charge in [-0.05, 0) is 41.6 Å². The van der Waals surface area contributed by atoms with Crippen LogP contribution >= 0.6 is 0 Å². The number of rotatable bonds is 5. The van der Waals surface area contributed by atoms with E-state index in [4.69, 9.17) is 4.74 Å². The van der Waals surface area contributed by atoms with Crippen LogP contribution in [0.4, 0.5) is 11.4 Å². The highest BCUT2D eigenvalue weighted by atomic mass is 16.5. The lowest BCUT2D eigenvalue weighted by molar-refractivity contribution is 0.414. The summed E-state index contributed by atoms with van der Waals surface area (Å²) in [7, 11) is 1.70. The van der Waals surface area contributed by atoms with E-state index in [0.29, 0.717) is 0 Å². The van der Waals surface area contributed by atoms with Crippen LogP contribution in [0, 0.1) is 6.92 Å². The van der Waals surface area contributed by atoms with Gasteiger partial charge in [-0.25, -0.2) is 0 Å². The van der Waals surface area contributed by atoms with E-state index < -0.39 is 0 Å². The average Bonchev–Trinajstić information content (AvgIpc) is 2.59. The van der Waals surface area contributed by atoms with E-state index in [1.54, 1.807) is 7.11 Å². The topological polar surface area (TPSA) is 33.3 Å². The maximum atomic E-state index is 5.59. The van der Waals surface area contributed by atoms with Gasteiger partial charge in [0, 0.05) is 5.39 Å². The summed E-state index contributed by atoms with van der Waals surface area (Å²) in [4.78, 5) is 0. The number of nitrogens with one attached hydrogen (secondary N) is 2. The zero-order valence-corrected chi connectivity index (χ0v) is 13.4. The summed E-state index contributed by atoms with van der Waals surface area (Å²) in [6.07, 6.45) is 1.83. The fourth-order valence-corrected chi connectivity index (χ4v) is 2.69. The van der Waals surface area contributed by atoms with E-state index in [9.17, 15) is 0 Å². The number of methoxy groups -OCH3 is 1. The Morgan fingerprint density at radius 3 is 2.43 bits per heavy atom. The van der Waals surface area contributed by atoms with Crippen LogP contribution in [-0.4, -0.2) is 7.11 Å². The van der Waals surface area contributed by atoms with E-state index in [1.807, 2.05) is 42.5 Å². The van der Waals surface area contributed by atoms with Crippen molar-refractivity contribution in [2.45, 2.75) is 6.92 Å². The number of hydrogen-bond acceptors (Lipinski definition) is 3. The maximum Gasteiger partial charge on any atom is 0.147 e. The molecule has 3 aromatic carbocycles. The molecule has 0 saturated heterocycles. The Hall–Kier alpha value is -2.94. The van der Waals surface area contributed by atoms with Gasteiger partial charge < -0.3 is 10.2 Å². The number of aryl methyl sites for hydroxylation is 1. The van der Waals surface area contributed by atoms with Crippen LogP contribution in [0.3, 0.4) is 0 Å². The molecular formula is C20H20N2O. The molecule has 0 radical (unpaired) electrons. The van der Waals surface area contributed by atoms with Gasteiger partial charge in [-0.1, -0.05) is 49.1 Å². The lowest BCUT2D eigenvalue weighted by atomic mass is 10.0. The Kier molecular flexibility index (Phi) is 4.20. The average molecular weight is 304 g/mol. The molecule has 0 aliphatic carbocycles. The molecule has 3 rings (SSSR count). The van der Waals surface area contributed by atoms with Gasteiger partial charge in [0.05, 0.1) is 12.8 Å². The number of fused-ring (bicyclic) bond motifs is 1. The molecule has 0 spiro atoms. The molecule has 2 N–H and O–H groups in total. The lowest BCUT2D eigenvalue weighted by Crippen LogP contribution is -2.10. The molecule has 0 unspecified atom stereocenters. The first-order chi connectivity index (χ1) is 11.2. The molecule has 0 atom stereocenters. The molecule has 3 aromatic rings. The summed E-state index contributed by atoms with van der Waals surface area (Å²) < 4.78 is 5.59. The van der Waals surface area contributed by atoms with Crippen LogP contribution in [0.1, 0.15) is 11.1 Å². The first-order valence-electron chi connectivity index (χ1n) is 7.54. The van der Waals surface area contributed by atoms with Crippen molar-refractivity contribution < 1.29 is 4.74 Å². The van der Waals surface area contributed by atoms with E-state index >= 15 is 0 Å². The minimum atomic E-state index is 0.846. The predicted molar refractivity (Wildman–Crippen MR) is 99.0 cm³/mol. The molecule has 0 aromatic heterocycles. The van der Waals surface area contributed by atoms with Gasteiger partial charge in [0.2, 0.25) is 0 Å². The predicted octanol–water partition coefficient (Wildman–Crippen LogP) is 5.24. The summed E-state index contributed by atoms with van der Waals surface area (Å²) in [5.41, 5.74) is 10.6. The van der Waals surface area contributed by atoms with Crippen LogP contribution in [0.25, 0.3) is 16.8 Å². The molecule has 3 heteroatoms. The Labute approximate surface area is 136 Å². The molecule has 0 aliphatic rings. The van der Waals surface area contributed by atoms with Crippen molar-refractivity contribution >= 4 is 28.2 Å². The number of hydrogen-bond donors (Lipinski definition) is 2. The van der Waals surface area contributed by atoms with Gasteiger partial charge in [0.25, 0.3) is 0 Å². The van der Waals surface area contributed by atoms with E-state index in [2.05, 4.69) is 42.6 Å². The fraction of sp³-hybridized carbons (Fsp3) is 0.100. The quantitative estimate of drug-likeness (QED) is 0.632. The number of ether oxygens (including phenoxy) is 1. The highest BCUT2D eigenvalue weighted by Crippen LogP contribution is 2.36.